The second-order valence-electron chi connectivity index (χ2n) is 7.27. The minimum atomic E-state index is -4.55. The molecule has 1 saturated heterocycles. The van der Waals surface area contributed by atoms with E-state index in [-0.39, 0.29) is 18.1 Å². The molecular weight excluding hydrogens is 373 g/mol. The van der Waals surface area contributed by atoms with E-state index in [4.69, 9.17) is 0 Å². The third-order valence-electron chi connectivity index (χ3n) is 5.34. The predicted octanol–water partition coefficient (Wildman–Crippen LogP) is -0.706. The average Bonchev–Trinajstić information content (AvgIpc) is 2.66. The van der Waals surface area contributed by atoms with Crippen molar-refractivity contribution in [1.29, 1.82) is 0 Å². The molecule has 2 rings (SSSR count). The number of piperazine rings is 1. The van der Waals surface area contributed by atoms with E-state index >= 15 is 0 Å². The van der Waals surface area contributed by atoms with Crippen LogP contribution in [0.5, 0.6) is 0 Å². The van der Waals surface area contributed by atoms with Gasteiger partial charge in [-0.3, -0.25) is 9.59 Å². The number of carbonyl (C=O) groups is 2. The molecule has 0 bridgehead atoms. The van der Waals surface area contributed by atoms with Crippen molar-refractivity contribution in [2.75, 3.05) is 51.6 Å². The van der Waals surface area contributed by atoms with Crippen molar-refractivity contribution in [3.05, 3.63) is 29.8 Å². The molecule has 2 amide bonds. The van der Waals surface area contributed by atoms with Gasteiger partial charge in [0.05, 0.1) is 51.0 Å². The number of rotatable bonds is 6. The largest absolute Gasteiger partial charge is 0.418 e. The molecule has 0 spiro atoms. The summed E-state index contributed by atoms with van der Waals surface area (Å²) in [6.45, 7) is 7.97. The Labute approximate surface area is 163 Å². The number of para-hydroxylation sites is 1. The van der Waals surface area contributed by atoms with E-state index in [1.165, 1.54) is 23.1 Å². The lowest BCUT2D eigenvalue weighted by atomic mass is 10.1. The SMILES string of the molecule is CC[NH+]1CCN(C(=O)[C@@H](C)[NH+](C)CC(=O)Nc2ccccc2C(F)(F)F)CC1. The number of hydrogen-bond donors (Lipinski definition) is 3. The summed E-state index contributed by atoms with van der Waals surface area (Å²) in [6.07, 6.45) is -4.55. The summed E-state index contributed by atoms with van der Waals surface area (Å²) in [5, 5.41) is 2.33. The smallest absolute Gasteiger partial charge is 0.332 e. The van der Waals surface area contributed by atoms with Gasteiger partial charge in [0.25, 0.3) is 11.8 Å². The molecule has 3 N–H and O–H groups in total. The predicted molar refractivity (Wildman–Crippen MR) is 99.1 cm³/mol. The van der Waals surface area contributed by atoms with E-state index in [1.807, 2.05) is 4.90 Å². The number of nitrogens with zero attached hydrogens (tertiary/aromatic N) is 1. The van der Waals surface area contributed by atoms with Gasteiger partial charge in [0.15, 0.2) is 12.6 Å². The number of alkyl halides is 3. The Bertz CT molecular complexity index is 688. The molecule has 156 valence electrons. The fourth-order valence-corrected chi connectivity index (χ4v) is 3.32. The molecular formula is C19H29F3N4O2+2. The van der Waals surface area contributed by atoms with Crippen LogP contribution < -0.4 is 15.1 Å². The number of nitrogens with one attached hydrogen (secondary N) is 3. The summed E-state index contributed by atoms with van der Waals surface area (Å²) in [6, 6.07) is 4.41. The van der Waals surface area contributed by atoms with E-state index in [0.29, 0.717) is 18.0 Å². The zero-order valence-electron chi connectivity index (χ0n) is 16.5. The number of likely N-dealkylation sites (N-methyl/N-ethyl adjacent to an activating group) is 2. The molecule has 1 heterocycles. The Hall–Kier alpha value is -2.13. The van der Waals surface area contributed by atoms with Gasteiger partial charge in [0.2, 0.25) is 0 Å². The fourth-order valence-electron chi connectivity index (χ4n) is 3.32. The van der Waals surface area contributed by atoms with Crippen molar-refractivity contribution in [1.82, 2.24) is 4.90 Å². The number of benzene rings is 1. The Morgan fingerprint density at radius 2 is 1.86 bits per heavy atom. The van der Waals surface area contributed by atoms with Crippen LogP contribution in [-0.4, -0.2) is 69.1 Å². The van der Waals surface area contributed by atoms with Crippen LogP contribution in [0.2, 0.25) is 0 Å². The van der Waals surface area contributed by atoms with E-state index in [1.54, 1.807) is 14.0 Å². The van der Waals surface area contributed by atoms with Crippen LogP contribution >= 0.6 is 0 Å². The van der Waals surface area contributed by atoms with Crippen molar-refractivity contribution in [3.63, 3.8) is 0 Å². The Balaban J connectivity index is 1.93. The van der Waals surface area contributed by atoms with E-state index < -0.39 is 23.7 Å². The van der Waals surface area contributed by atoms with Gasteiger partial charge >= 0.3 is 6.18 Å². The molecule has 9 heteroatoms. The highest BCUT2D eigenvalue weighted by Gasteiger charge is 2.34. The molecule has 2 atom stereocenters. The Morgan fingerprint density at radius 1 is 1.25 bits per heavy atom. The molecule has 6 nitrogen and oxygen atoms in total. The standard InChI is InChI=1S/C19H27F3N4O2/c1-4-25-9-11-26(12-10-25)18(28)14(2)24(3)13-17(27)23-16-8-6-5-7-15(16)19(20,21)22/h5-8,14H,4,9-13H2,1-3H3,(H,23,27)/p+2/t14-/m1/s1. The van der Waals surface area contributed by atoms with Gasteiger partial charge < -0.3 is 20.0 Å². The maximum absolute atomic E-state index is 13.0. The van der Waals surface area contributed by atoms with Crippen LogP contribution in [0.1, 0.15) is 19.4 Å². The van der Waals surface area contributed by atoms with E-state index in [2.05, 4.69) is 12.2 Å². The molecule has 1 aromatic rings. The molecule has 1 fully saturated rings. The second kappa shape index (κ2) is 9.38. The molecule has 0 radical (unpaired) electrons. The average molecular weight is 402 g/mol. The van der Waals surface area contributed by atoms with Crippen LogP contribution in [-0.2, 0) is 15.8 Å². The summed E-state index contributed by atoms with van der Waals surface area (Å²) < 4.78 is 39.1. The van der Waals surface area contributed by atoms with Gasteiger partial charge in [0.1, 0.15) is 0 Å². The van der Waals surface area contributed by atoms with Gasteiger partial charge in [-0.2, -0.15) is 13.2 Å². The second-order valence-corrected chi connectivity index (χ2v) is 7.27. The zero-order valence-corrected chi connectivity index (χ0v) is 16.5. The quantitative estimate of drug-likeness (QED) is 0.589. The summed E-state index contributed by atoms with van der Waals surface area (Å²) in [5.41, 5.74) is -1.16. The fraction of sp³-hybridized carbons (Fsp3) is 0.579. The van der Waals surface area contributed by atoms with Crippen LogP contribution in [0.4, 0.5) is 18.9 Å². The Kier molecular flexibility index (Phi) is 7.42. The van der Waals surface area contributed by atoms with E-state index in [0.717, 1.165) is 25.7 Å². The highest BCUT2D eigenvalue weighted by molar-refractivity contribution is 5.92. The number of anilines is 1. The van der Waals surface area contributed by atoms with Crippen molar-refractivity contribution in [2.45, 2.75) is 26.1 Å². The Morgan fingerprint density at radius 3 is 2.43 bits per heavy atom. The number of carbonyl (C=O) groups excluding carboxylic acids is 2. The summed E-state index contributed by atoms with van der Waals surface area (Å²) in [7, 11) is 1.70. The normalized spacial score (nSPS) is 17.9. The molecule has 28 heavy (non-hydrogen) atoms. The van der Waals surface area contributed by atoms with Crippen molar-refractivity contribution in [3.8, 4) is 0 Å². The molecule has 1 unspecified atom stereocenters. The van der Waals surface area contributed by atoms with Gasteiger partial charge in [-0.25, -0.2) is 0 Å². The lowest BCUT2D eigenvalue weighted by Crippen LogP contribution is -3.16. The molecule has 1 aromatic carbocycles. The minimum Gasteiger partial charge on any atom is -0.332 e. The summed E-state index contributed by atoms with van der Waals surface area (Å²) in [4.78, 5) is 28.8. The monoisotopic (exact) mass is 402 g/mol. The number of quaternary nitrogens is 2. The molecule has 0 aliphatic carbocycles. The van der Waals surface area contributed by atoms with Gasteiger partial charge in [-0.1, -0.05) is 12.1 Å². The number of halogens is 3. The lowest BCUT2D eigenvalue weighted by molar-refractivity contribution is -0.903. The van der Waals surface area contributed by atoms with E-state index in [9.17, 15) is 22.8 Å². The van der Waals surface area contributed by atoms with Crippen molar-refractivity contribution >= 4 is 17.5 Å². The first-order valence-electron chi connectivity index (χ1n) is 9.54. The third-order valence-corrected chi connectivity index (χ3v) is 5.34. The summed E-state index contributed by atoms with van der Waals surface area (Å²) in [5.74, 6) is -0.592. The lowest BCUT2D eigenvalue weighted by Gasteiger charge is -2.33. The number of hydrogen-bond acceptors (Lipinski definition) is 2. The van der Waals surface area contributed by atoms with Gasteiger partial charge in [-0.15, -0.1) is 0 Å². The first kappa shape index (κ1) is 22.2. The molecule has 0 aromatic heterocycles. The zero-order chi connectivity index (χ0) is 20.9. The molecule has 0 saturated carbocycles. The highest BCUT2D eigenvalue weighted by atomic mass is 19.4. The topological polar surface area (TPSA) is 58.3 Å². The first-order valence-corrected chi connectivity index (χ1v) is 9.54. The van der Waals surface area contributed by atoms with Gasteiger partial charge in [-0.05, 0) is 26.0 Å². The van der Waals surface area contributed by atoms with Crippen molar-refractivity contribution < 1.29 is 32.6 Å². The summed E-state index contributed by atoms with van der Waals surface area (Å²) >= 11 is 0. The minimum absolute atomic E-state index is 0.0313. The third kappa shape index (κ3) is 5.68. The van der Waals surface area contributed by atoms with Crippen LogP contribution in [0.25, 0.3) is 0 Å². The molecule has 1 aliphatic heterocycles. The number of amides is 2. The van der Waals surface area contributed by atoms with Crippen LogP contribution in [0.3, 0.4) is 0 Å². The maximum Gasteiger partial charge on any atom is 0.418 e. The van der Waals surface area contributed by atoms with Crippen LogP contribution in [0, 0.1) is 0 Å². The first-order chi connectivity index (χ1) is 13.1. The molecule has 1 aliphatic rings. The van der Waals surface area contributed by atoms with Crippen LogP contribution in [0.15, 0.2) is 24.3 Å². The highest BCUT2D eigenvalue weighted by Crippen LogP contribution is 2.34. The maximum atomic E-state index is 13.0. The van der Waals surface area contributed by atoms with Gasteiger partial charge in [0, 0.05) is 0 Å². The van der Waals surface area contributed by atoms with Crippen molar-refractivity contribution in [2.24, 2.45) is 0 Å².